The predicted molar refractivity (Wildman–Crippen MR) is 61.5 cm³/mol. The number of nitrogens with one attached hydrogen (secondary N) is 2. The van der Waals surface area contributed by atoms with Gasteiger partial charge in [0.2, 0.25) is 0 Å². The van der Waals surface area contributed by atoms with Crippen LogP contribution < -0.4 is 16.7 Å². The second-order valence-electron chi connectivity index (χ2n) is 4.18. The van der Waals surface area contributed by atoms with Crippen molar-refractivity contribution < 1.29 is 26.3 Å². The van der Waals surface area contributed by atoms with Gasteiger partial charge < -0.3 is 4.98 Å². The largest absolute Gasteiger partial charge is 0.417 e. The standard InChI is InChI=1S/C11H4F6N2O3/c12-10(13,14)3-1-4(11(15,16)17)6-5(2-3)18-8(21)9(22)19-7(6)20/h1-2H,(H2,18,19,20,21,22). The monoisotopic (exact) mass is 326 g/mol. The van der Waals surface area contributed by atoms with E-state index in [4.69, 9.17) is 0 Å². The van der Waals surface area contributed by atoms with Crippen molar-refractivity contribution in [1.82, 2.24) is 9.97 Å². The number of alkyl halides is 6. The molecule has 5 nitrogen and oxygen atoms in total. The lowest BCUT2D eigenvalue weighted by Crippen LogP contribution is -2.28. The molecular formula is C11H4F6N2O3. The number of benzene rings is 1. The summed E-state index contributed by atoms with van der Waals surface area (Å²) in [7, 11) is 0. The minimum absolute atomic E-state index is 0.153. The van der Waals surface area contributed by atoms with Crippen LogP contribution >= 0.6 is 0 Å². The van der Waals surface area contributed by atoms with Gasteiger partial charge in [0.1, 0.15) is 0 Å². The van der Waals surface area contributed by atoms with Gasteiger partial charge in [0, 0.05) is 0 Å². The fourth-order valence-corrected chi connectivity index (χ4v) is 1.77. The molecule has 118 valence electrons. The lowest BCUT2D eigenvalue weighted by molar-refractivity contribution is -0.142. The summed E-state index contributed by atoms with van der Waals surface area (Å²) in [6.07, 6.45) is -10.5. The van der Waals surface area contributed by atoms with Crippen molar-refractivity contribution in [2.45, 2.75) is 12.4 Å². The Hall–Kier alpha value is -2.59. The maximum absolute atomic E-state index is 12.9. The van der Waals surface area contributed by atoms with Gasteiger partial charge in [-0.2, -0.15) is 26.3 Å². The first-order valence-electron chi connectivity index (χ1n) is 5.40. The molecule has 0 saturated heterocycles. The molecule has 0 amide bonds. The Morgan fingerprint density at radius 3 is 1.77 bits per heavy atom. The summed E-state index contributed by atoms with van der Waals surface area (Å²) >= 11 is 0. The SMILES string of the molecule is O=c1[nH]c(=O)c2c(C(F)(F)F)cc(C(F)(F)F)cc2[nH]c1=O. The summed E-state index contributed by atoms with van der Waals surface area (Å²) in [6.45, 7) is 0. The highest BCUT2D eigenvalue weighted by Crippen LogP contribution is 2.38. The molecule has 0 fully saturated rings. The highest BCUT2D eigenvalue weighted by atomic mass is 19.4. The summed E-state index contributed by atoms with van der Waals surface area (Å²) in [4.78, 5) is 36.8. The zero-order valence-electron chi connectivity index (χ0n) is 10.1. The molecule has 0 spiro atoms. The number of halogens is 6. The Balaban J connectivity index is 3.17. The molecule has 2 rings (SSSR count). The third-order valence-electron chi connectivity index (χ3n) is 2.68. The van der Waals surface area contributed by atoms with Crippen LogP contribution in [0.5, 0.6) is 0 Å². The van der Waals surface area contributed by atoms with Gasteiger partial charge in [0.15, 0.2) is 0 Å². The number of fused-ring (bicyclic) bond motifs is 1. The first-order chi connectivity index (χ1) is 9.91. The Morgan fingerprint density at radius 1 is 0.727 bits per heavy atom. The molecule has 1 aromatic carbocycles. The summed E-state index contributed by atoms with van der Waals surface area (Å²) in [5.74, 6) is 0. The maximum Gasteiger partial charge on any atom is 0.417 e. The van der Waals surface area contributed by atoms with Gasteiger partial charge in [-0.25, -0.2) is 0 Å². The minimum atomic E-state index is -5.30. The van der Waals surface area contributed by atoms with Crippen LogP contribution in [0.4, 0.5) is 26.3 Å². The number of H-pyrrole nitrogens is 2. The van der Waals surface area contributed by atoms with Crippen molar-refractivity contribution in [1.29, 1.82) is 0 Å². The first-order valence-corrected chi connectivity index (χ1v) is 5.40. The third kappa shape index (κ3) is 2.73. The average Bonchev–Trinajstić information content (AvgIpc) is 2.44. The predicted octanol–water partition coefficient (Wildman–Crippen LogP) is 1.61. The van der Waals surface area contributed by atoms with Gasteiger partial charge in [0.25, 0.3) is 5.56 Å². The van der Waals surface area contributed by atoms with Crippen molar-refractivity contribution in [3.05, 3.63) is 54.3 Å². The smallest absolute Gasteiger partial charge is 0.317 e. The van der Waals surface area contributed by atoms with Crippen LogP contribution in [0.2, 0.25) is 0 Å². The molecule has 0 bridgehead atoms. The number of hydrogen-bond acceptors (Lipinski definition) is 3. The molecule has 0 aliphatic carbocycles. The van der Waals surface area contributed by atoms with Crippen molar-refractivity contribution in [3.63, 3.8) is 0 Å². The normalized spacial score (nSPS) is 12.6. The van der Waals surface area contributed by atoms with Crippen LogP contribution in [-0.4, -0.2) is 9.97 Å². The summed E-state index contributed by atoms with van der Waals surface area (Å²) in [6, 6.07) is -0.110. The van der Waals surface area contributed by atoms with Gasteiger partial charge in [-0.15, -0.1) is 0 Å². The van der Waals surface area contributed by atoms with Crippen LogP contribution in [0.1, 0.15) is 11.1 Å². The summed E-state index contributed by atoms with van der Waals surface area (Å²) in [5.41, 5.74) is -9.44. The topological polar surface area (TPSA) is 82.8 Å². The van der Waals surface area contributed by atoms with E-state index < -0.39 is 51.1 Å². The quantitative estimate of drug-likeness (QED) is 0.570. The molecular weight excluding hydrogens is 322 g/mol. The minimum Gasteiger partial charge on any atom is -0.317 e. The molecule has 22 heavy (non-hydrogen) atoms. The molecule has 0 atom stereocenters. The Bertz CT molecular complexity index is 923. The number of rotatable bonds is 0. The van der Waals surface area contributed by atoms with Crippen LogP contribution in [0.25, 0.3) is 10.9 Å². The zero-order valence-corrected chi connectivity index (χ0v) is 10.1. The molecule has 0 aliphatic heterocycles. The Kier molecular flexibility index (Phi) is 3.38. The van der Waals surface area contributed by atoms with E-state index in [2.05, 4.69) is 0 Å². The van der Waals surface area contributed by atoms with Crippen LogP contribution in [-0.2, 0) is 12.4 Å². The van der Waals surface area contributed by atoms with E-state index in [1.165, 1.54) is 4.98 Å². The summed E-state index contributed by atoms with van der Waals surface area (Å²) in [5, 5.41) is -1.26. The molecule has 2 N–H and O–H groups in total. The van der Waals surface area contributed by atoms with Crippen molar-refractivity contribution in [3.8, 4) is 0 Å². The fraction of sp³-hybridized carbons (Fsp3) is 0.182. The van der Waals surface area contributed by atoms with E-state index in [0.29, 0.717) is 0 Å². The molecule has 0 saturated carbocycles. The van der Waals surface area contributed by atoms with Gasteiger partial charge >= 0.3 is 23.5 Å². The van der Waals surface area contributed by atoms with Gasteiger partial charge in [-0.05, 0) is 12.1 Å². The van der Waals surface area contributed by atoms with E-state index in [-0.39, 0.29) is 12.1 Å². The van der Waals surface area contributed by atoms with E-state index in [1.807, 2.05) is 0 Å². The van der Waals surface area contributed by atoms with Crippen LogP contribution in [0, 0.1) is 0 Å². The third-order valence-corrected chi connectivity index (χ3v) is 2.68. The van der Waals surface area contributed by atoms with Gasteiger partial charge in [-0.1, -0.05) is 0 Å². The van der Waals surface area contributed by atoms with E-state index >= 15 is 0 Å². The molecule has 11 heteroatoms. The Morgan fingerprint density at radius 2 is 1.27 bits per heavy atom. The van der Waals surface area contributed by atoms with Gasteiger partial charge in [-0.3, -0.25) is 19.4 Å². The van der Waals surface area contributed by atoms with Crippen molar-refractivity contribution in [2.75, 3.05) is 0 Å². The lowest BCUT2D eigenvalue weighted by Gasteiger charge is -2.12. The second kappa shape index (κ2) is 4.71. The molecule has 2 aromatic rings. The first kappa shape index (κ1) is 15.8. The zero-order chi connectivity index (χ0) is 16.9. The van der Waals surface area contributed by atoms with Crippen molar-refractivity contribution >= 4 is 10.9 Å². The highest BCUT2D eigenvalue weighted by Gasteiger charge is 2.38. The van der Waals surface area contributed by atoms with Crippen LogP contribution in [0.3, 0.4) is 0 Å². The Labute approximate surface area is 115 Å². The highest BCUT2D eigenvalue weighted by molar-refractivity contribution is 5.82. The van der Waals surface area contributed by atoms with E-state index in [1.54, 1.807) is 4.98 Å². The lowest BCUT2D eigenvalue weighted by atomic mass is 10.0. The maximum atomic E-state index is 12.9. The average molecular weight is 326 g/mol. The second-order valence-corrected chi connectivity index (χ2v) is 4.18. The number of hydrogen-bond donors (Lipinski definition) is 2. The summed E-state index contributed by atoms with van der Waals surface area (Å²) < 4.78 is 76.7. The van der Waals surface area contributed by atoms with E-state index in [9.17, 15) is 40.7 Å². The van der Waals surface area contributed by atoms with Gasteiger partial charge in [0.05, 0.1) is 22.0 Å². The van der Waals surface area contributed by atoms with E-state index in [0.717, 1.165) is 0 Å². The fourth-order valence-electron chi connectivity index (χ4n) is 1.77. The molecule has 0 aliphatic rings. The molecule has 1 aromatic heterocycles. The number of aromatic nitrogens is 2. The molecule has 1 heterocycles. The molecule has 0 unspecified atom stereocenters. The van der Waals surface area contributed by atoms with Crippen molar-refractivity contribution in [2.24, 2.45) is 0 Å². The number of aromatic amines is 2. The van der Waals surface area contributed by atoms with Crippen LogP contribution in [0.15, 0.2) is 26.5 Å². The molecule has 0 radical (unpaired) electrons.